The molecule has 2 unspecified atom stereocenters. The van der Waals surface area contributed by atoms with Crippen molar-refractivity contribution in [3.63, 3.8) is 0 Å². The maximum Gasteiger partial charge on any atom is 0.0175 e. The first-order valence-corrected chi connectivity index (χ1v) is 8.30. The summed E-state index contributed by atoms with van der Waals surface area (Å²) in [4.78, 5) is 0. The van der Waals surface area contributed by atoms with Crippen LogP contribution in [0.2, 0.25) is 0 Å². The van der Waals surface area contributed by atoms with Crippen LogP contribution in [0.3, 0.4) is 0 Å². The van der Waals surface area contributed by atoms with Crippen LogP contribution in [-0.2, 0) is 6.42 Å². The standard InChI is InChI=1S/C14H20BrNS/c1-2-16-14(12-7-8-17-10-12)9-11-3-5-13(15)6-4-11/h3-6,12,14,16H,2,7-10H2,1H3. The van der Waals surface area contributed by atoms with Gasteiger partial charge in [0.05, 0.1) is 0 Å². The minimum Gasteiger partial charge on any atom is -0.314 e. The summed E-state index contributed by atoms with van der Waals surface area (Å²) in [5.74, 6) is 3.52. The van der Waals surface area contributed by atoms with Crippen LogP contribution in [-0.4, -0.2) is 24.1 Å². The van der Waals surface area contributed by atoms with Crippen molar-refractivity contribution in [3.05, 3.63) is 34.3 Å². The molecular weight excluding hydrogens is 294 g/mol. The fourth-order valence-corrected chi connectivity index (χ4v) is 4.01. The fourth-order valence-electron chi connectivity index (χ4n) is 2.41. The molecule has 3 heteroatoms. The molecule has 0 radical (unpaired) electrons. The zero-order valence-electron chi connectivity index (χ0n) is 10.3. The lowest BCUT2D eigenvalue weighted by molar-refractivity contribution is 0.387. The van der Waals surface area contributed by atoms with Crippen LogP contribution >= 0.6 is 27.7 Å². The van der Waals surface area contributed by atoms with E-state index in [9.17, 15) is 0 Å². The first kappa shape index (κ1) is 13.4. The lowest BCUT2D eigenvalue weighted by Gasteiger charge is -2.24. The van der Waals surface area contributed by atoms with E-state index in [1.165, 1.54) is 23.5 Å². The van der Waals surface area contributed by atoms with E-state index in [1.807, 2.05) is 0 Å². The van der Waals surface area contributed by atoms with Crippen molar-refractivity contribution in [1.82, 2.24) is 5.32 Å². The quantitative estimate of drug-likeness (QED) is 0.889. The number of likely N-dealkylation sites (N-methyl/N-ethyl adjacent to an activating group) is 1. The van der Waals surface area contributed by atoms with Gasteiger partial charge in [0, 0.05) is 10.5 Å². The molecule has 1 fully saturated rings. The van der Waals surface area contributed by atoms with E-state index in [-0.39, 0.29) is 0 Å². The smallest absolute Gasteiger partial charge is 0.0175 e. The highest BCUT2D eigenvalue weighted by atomic mass is 79.9. The molecule has 0 amide bonds. The number of hydrogen-bond donors (Lipinski definition) is 1. The van der Waals surface area contributed by atoms with Crippen molar-refractivity contribution in [2.75, 3.05) is 18.1 Å². The van der Waals surface area contributed by atoms with Crippen molar-refractivity contribution >= 4 is 27.7 Å². The van der Waals surface area contributed by atoms with Crippen LogP contribution in [0.15, 0.2) is 28.7 Å². The first-order valence-electron chi connectivity index (χ1n) is 6.35. The van der Waals surface area contributed by atoms with E-state index in [0.717, 1.165) is 23.4 Å². The molecular formula is C14H20BrNS. The molecule has 94 valence electrons. The Bertz CT molecular complexity index is 333. The van der Waals surface area contributed by atoms with Gasteiger partial charge < -0.3 is 5.32 Å². The third-order valence-electron chi connectivity index (χ3n) is 3.37. The summed E-state index contributed by atoms with van der Waals surface area (Å²) in [6.45, 7) is 3.28. The summed E-state index contributed by atoms with van der Waals surface area (Å²) in [6, 6.07) is 9.40. The van der Waals surface area contributed by atoms with Gasteiger partial charge in [0.25, 0.3) is 0 Å². The highest BCUT2D eigenvalue weighted by Gasteiger charge is 2.24. The first-order chi connectivity index (χ1) is 8.29. The molecule has 0 spiro atoms. The van der Waals surface area contributed by atoms with Crippen LogP contribution in [0.5, 0.6) is 0 Å². The highest BCUT2D eigenvalue weighted by Crippen LogP contribution is 2.28. The number of halogens is 1. The molecule has 1 aromatic rings. The molecule has 2 atom stereocenters. The van der Waals surface area contributed by atoms with Crippen molar-refractivity contribution < 1.29 is 0 Å². The molecule has 1 aliphatic heterocycles. The number of rotatable bonds is 5. The van der Waals surface area contributed by atoms with Gasteiger partial charge in [-0.25, -0.2) is 0 Å². The second-order valence-electron chi connectivity index (χ2n) is 4.62. The zero-order chi connectivity index (χ0) is 12.1. The lowest BCUT2D eigenvalue weighted by atomic mass is 9.93. The summed E-state index contributed by atoms with van der Waals surface area (Å²) >= 11 is 5.59. The maximum atomic E-state index is 3.66. The van der Waals surface area contributed by atoms with Crippen LogP contribution in [0.25, 0.3) is 0 Å². The molecule has 17 heavy (non-hydrogen) atoms. The summed E-state index contributed by atoms with van der Waals surface area (Å²) in [5, 5.41) is 3.66. The number of nitrogens with one attached hydrogen (secondary N) is 1. The van der Waals surface area contributed by atoms with Gasteiger partial charge >= 0.3 is 0 Å². The van der Waals surface area contributed by atoms with Crippen molar-refractivity contribution in [2.45, 2.75) is 25.8 Å². The monoisotopic (exact) mass is 313 g/mol. The second-order valence-corrected chi connectivity index (χ2v) is 6.68. The number of thioether (sulfide) groups is 1. The van der Waals surface area contributed by atoms with E-state index >= 15 is 0 Å². The highest BCUT2D eigenvalue weighted by molar-refractivity contribution is 9.10. The molecule has 0 aliphatic carbocycles. The molecule has 1 aliphatic rings. The summed E-state index contributed by atoms with van der Waals surface area (Å²) in [6.07, 6.45) is 2.53. The van der Waals surface area contributed by atoms with Gasteiger partial charge in [-0.15, -0.1) is 0 Å². The lowest BCUT2D eigenvalue weighted by Crippen LogP contribution is -2.38. The van der Waals surface area contributed by atoms with Crippen molar-refractivity contribution in [2.24, 2.45) is 5.92 Å². The molecule has 1 saturated heterocycles. The van der Waals surface area contributed by atoms with E-state index in [2.05, 4.69) is 64.2 Å². The molecule has 1 nitrogen and oxygen atoms in total. The predicted molar refractivity (Wildman–Crippen MR) is 80.7 cm³/mol. The van der Waals surface area contributed by atoms with Gasteiger partial charge in [-0.05, 0) is 54.5 Å². The molecule has 0 aromatic heterocycles. The molecule has 1 N–H and O–H groups in total. The zero-order valence-corrected chi connectivity index (χ0v) is 12.7. The van der Waals surface area contributed by atoms with Crippen LogP contribution in [0.4, 0.5) is 0 Å². The summed E-state index contributed by atoms with van der Waals surface area (Å²) in [5.41, 5.74) is 1.44. The van der Waals surface area contributed by atoms with Gasteiger partial charge in [-0.1, -0.05) is 35.0 Å². The SMILES string of the molecule is CCNC(Cc1ccc(Br)cc1)C1CCSC1. The normalized spacial score (nSPS) is 21.6. The Labute approximate surface area is 117 Å². The maximum absolute atomic E-state index is 3.66. The Balaban J connectivity index is 1.98. The van der Waals surface area contributed by atoms with Gasteiger partial charge in [-0.2, -0.15) is 11.8 Å². The van der Waals surface area contributed by atoms with E-state index in [1.54, 1.807) is 0 Å². The summed E-state index contributed by atoms with van der Waals surface area (Å²) < 4.78 is 1.16. The Hall–Kier alpha value is 0.01000. The molecule has 2 rings (SSSR count). The Morgan fingerprint density at radius 3 is 2.76 bits per heavy atom. The fraction of sp³-hybridized carbons (Fsp3) is 0.571. The van der Waals surface area contributed by atoms with Gasteiger partial charge in [0.2, 0.25) is 0 Å². The largest absolute Gasteiger partial charge is 0.314 e. The van der Waals surface area contributed by atoms with Gasteiger partial charge in [-0.3, -0.25) is 0 Å². The van der Waals surface area contributed by atoms with E-state index in [0.29, 0.717) is 6.04 Å². The van der Waals surface area contributed by atoms with Gasteiger partial charge in [0.1, 0.15) is 0 Å². The van der Waals surface area contributed by atoms with Crippen LogP contribution in [0.1, 0.15) is 18.9 Å². The predicted octanol–water partition coefficient (Wildman–Crippen LogP) is 3.72. The average Bonchev–Trinajstić information content (AvgIpc) is 2.85. The molecule has 1 aromatic carbocycles. The summed E-state index contributed by atoms with van der Waals surface area (Å²) in [7, 11) is 0. The Kier molecular flexibility index (Phi) is 5.39. The third-order valence-corrected chi connectivity index (χ3v) is 5.09. The minimum atomic E-state index is 0.649. The van der Waals surface area contributed by atoms with Gasteiger partial charge in [0.15, 0.2) is 0 Å². The van der Waals surface area contributed by atoms with Crippen molar-refractivity contribution in [1.29, 1.82) is 0 Å². The Morgan fingerprint density at radius 2 is 2.18 bits per heavy atom. The van der Waals surface area contributed by atoms with Crippen LogP contribution in [0, 0.1) is 5.92 Å². The minimum absolute atomic E-state index is 0.649. The molecule has 0 bridgehead atoms. The second kappa shape index (κ2) is 6.81. The average molecular weight is 314 g/mol. The topological polar surface area (TPSA) is 12.0 Å². The number of hydrogen-bond acceptors (Lipinski definition) is 2. The third kappa shape index (κ3) is 4.01. The van der Waals surface area contributed by atoms with E-state index in [4.69, 9.17) is 0 Å². The molecule has 0 saturated carbocycles. The Morgan fingerprint density at radius 1 is 1.41 bits per heavy atom. The number of benzene rings is 1. The van der Waals surface area contributed by atoms with Crippen molar-refractivity contribution in [3.8, 4) is 0 Å². The van der Waals surface area contributed by atoms with Crippen LogP contribution < -0.4 is 5.32 Å². The van der Waals surface area contributed by atoms with E-state index < -0.39 is 0 Å². The molecule has 1 heterocycles.